The number of fused-ring (bicyclic) bond motifs is 1. The molecule has 0 spiro atoms. The topological polar surface area (TPSA) is 61.8 Å². The number of hydrogen-bond donors (Lipinski definition) is 0. The first-order valence-corrected chi connectivity index (χ1v) is 7.92. The van der Waals surface area contributed by atoms with Gasteiger partial charge in [0, 0.05) is 6.07 Å². The lowest BCUT2D eigenvalue weighted by Crippen LogP contribution is -2.14. The molecule has 3 rings (SSSR count). The Morgan fingerprint density at radius 2 is 1.92 bits per heavy atom. The minimum atomic E-state index is -0.308. The number of hydrogen-bond acceptors (Lipinski definition) is 5. The highest BCUT2D eigenvalue weighted by molar-refractivity contribution is 6.14. The molecule has 0 atom stereocenters. The first-order chi connectivity index (χ1) is 12.0. The van der Waals surface area contributed by atoms with Crippen LogP contribution in [0.1, 0.15) is 29.8 Å². The maximum Gasteiger partial charge on any atom is 0.313 e. The van der Waals surface area contributed by atoms with E-state index in [0.29, 0.717) is 28.4 Å². The zero-order chi connectivity index (χ0) is 18.0. The van der Waals surface area contributed by atoms with Gasteiger partial charge in [-0.25, -0.2) is 0 Å². The molecule has 0 unspecified atom stereocenters. The molecule has 5 heteroatoms. The van der Waals surface area contributed by atoms with Crippen molar-refractivity contribution in [2.24, 2.45) is 5.92 Å². The number of methoxy groups -OCH3 is 1. The van der Waals surface area contributed by atoms with E-state index in [0.717, 1.165) is 0 Å². The van der Waals surface area contributed by atoms with Gasteiger partial charge in [-0.2, -0.15) is 0 Å². The van der Waals surface area contributed by atoms with Crippen LogP contribution in [0.5, 0.6) is 17.2 Å². The Hall–Kier alpha value is -3.08. The average Bonchev–Trinajstić information content (AvgIpc) is 2.90. The number of Topliss-reactive ketones (excluding diaryl/α,β-unsaturated/α-hetero) is 1. The fraction of sp³-hybridized carbons (Fsp3) is 0.200. The van der Waals surface area contributed by atoms with Gasteiger partial charge in [0.15, 0.2) is 5.76 Å². The van der Waals surface area contributed by atoms with E-state index in [2.05, 4.69) is 0 Å². The summed E-state index contributed by atoms with van der Waals surface area (Å²) in [5.41, 5.74) is 1.20. The van der Waals surface area contributed by atoms with E-state index >= 15 is 0 Å². The smallest absolute Gasteiger partial charge is 0.313 e. The zero-order valence-corrected chi connectivity index (χ0v) is 14.2. The summed E-state index contributed by atoms with van der Waals surface area (Å²) in [6.45, 7) is 3.54. The maximum absolute atomic E-state index is 12.4. The summed E-state index contributed by atoms with van der Waals surface area (Å²) in [5.74, 6) is 1.02. The van der Waals surface area contributed by atoms with Crippen LogP contribution in [-0.2, 0) is 4.79 Å². The molecule has 0 aliphatic carbocycles. The van der Waals surface area contributed by atoms with Crippen LogP contribution >= 0.6 is 0 Å². The first-order valence-electron chi connectivity index (χ1n) is 7.92. The molecule has 0 radical (unpaired) electrons. The van der Waals surface area contributed by atoms with E-state index in [1.165, 1.54) is 0 Å². The van der Waals surface area contributed by atoms with Crippen LogP contribution in [0, 0.1) is 5.92 Å². The summed E-state index contributed by atoms with van der Waals surface area (Å²) in [5, 5.41) is 0. The van der Waals surface area contributed by atoms with Crippen LogP contribution in [0.3, 0.4) is 0 Å². The van der Waals surface area contributed by atoms with Crippen molar-refractivity contribution in [3.8, 4) is 17.2 Å². The molecule has 0 fully saturated rings. The molecule has 2 aromatic carbocycles. The molecular formula is C20H18O5. The summed E-state index contributed by atoms with van der Waals surface area (Å²) in [6.07, 6.45) is 1.63. The molecule has 0 aromatic heterocycles. The highest BCUT2D eigenvalue weighted by Crippen LogP contribution is 2.34. The second-order valence-electron chi connectivity index (χ2n) is 5.95. The first kappa shape index (κ1) is 16.8. The number of esters is 1. The normalized spacial score (nSPS) is 14.4. The lowest BCUT2D eigenvalue weighted by atomic mass is 10.1. The van der Waals surface area contributed by atoms with Crippen molar-refractivity contribution in [1.29, 1.82) is 0 Å². The van der Waals surface area contributed by atoms with E-state index < -0.39 is 0 Å². The van der Waals surface area contributed by atoms with E-state index in [1.807, 2.05) is 0 Å². The maximum atomic E-state index is 12.4. The van der Waals surface area contributed by atoms with Gasteiger partial charge in [-0.15, -0.1) is 0 Å². The third kappa shape index (κ3) is 3.55. The van der Waals surface area contributed by atoms with Gasteiger partial charge in [0.2, 0.25) is 5.78 Å². The van der Waals surface area contributed by atoms with Crippen LogP contribution in [0.4, 0.5) is 0 Å². The molecule has 0 amide bonds. The van der Waals surface area contributed by atoms with Gasteiger partial charge in [0.1, 0.15) is 17.2 Å². The molecule has 128 valence electrons. The quantitative estimate of drug-likeness (QED) is 0.481. The van der Waals surface area contributed by atoms with Gasteiger partial charge < -0.3 is 14.2 Å². The summed E-state index contributed by atoms with van der Waals surface area (Å²) < 4.78 is 16.1. The Labute approximate surface area is 145 Å². The highest BCUT2D eigenvalue weighted by Gasteiger charge is 2.27. The Balaban J connectivity index is 1.84. The Kier molecular flexibility index (Phi) is 4.57. The van der Waals surface area contributed by atoms with E-state index in [-0.39, 0.29) is 23.4 Å². The number of ketones is 1. The number of carbonyl (C=O) groups is 2. The van der Waals surface area contributed by atoms with Crippen molar-refractivity contribution in [3.63, 3.8) is 0 Å². The van der Waals surface area contributed by atoms with Crippen LogP contribution in [0.2, 0.25) is 0 Å². The lowest BCUT2D eigenvalue weighted by Gasteiger charge is -2.07. The Bertz CT molecular complexity index is 864. The van der Waals surface area contributed by atoms with Gasteiger partial charge >= 0.3 is 5.97 Å². The van der Waals surface area contributed by atoms with Crippen molar-refractivity contribution in [3.05, 3.63) is 59.4 Å². The molecule has 1 aliphatic heterocycles. The predicted octanol–water partition coefficient (Wildman–Crippen LogP) is 3.87. The second kappa shape index (κ2) is 6.81. The van der Waals surface area contributed by atoms with Crippen molar-refractivity contribution < 1.29 is 23.8 Å². The molecular weight excluding hydrogens is 320 g/mol. The predicted molar refractivity (Wildman–Crippen MR) is 92.8 cm³/mol. The second-order valence-corrected chi connectivity index (χ2v) is 5.95. The van der Waals surface area contributed by atoms with Gasteiger partial charge in [-0.05, 0) is 35.9 Å². The lowest BCUT2D eigenvalue weighted by molar-refractivity contribution is -0.137. The number of ether oxygens (including phenoxy) is 3. The zero-order valence-electron chi connectivity index (χ0n) is 14.2. The molecule has 1 heterocycles. The minimum Gasteiger partial charge on any atom is -0.497 e. The third-order valence-corrected chi connectivity index (χ3v) is 3.72. The van der Waals surface area contributed by atoms with Crippen molar-refractivity contribution in [2.75, 3.05) is 7.11 Å². The summed E-state index contributed by atoms with van der Waals surface area (Å²) in [4.78, 5) is 24.1. The molecule has 0 N–H and O–H groups in total. The summed E-state index contributed by atoms with van der Waals surface area (Å²) in [6, 6.07) is 12.0. The van der Waals surface area contributed by atoms with E-state index in [9.17, 15) is 9.59 Å². The van der Waals surface area contributed by atoms with E-state index in [1.54, 1.807) is 69.5 Å². The summed E-state index contributed by atoms with van der Waals surface area (Å²) in [7, 11) is 1.55. The largest absolute Gasteiger partial charge is 0.497 e. The number of allylic oxidation sites excluding steroid dienone is 1. The fourth-order valence-corrected chi connectivity index (χ4v) is 2.35. The SMILES string of the molecule is COc1ccc2c(c1)O/C(=C\c1cccc(OC(=O)C(C)C)c1)C2=O. The monoisotopic (exact) mass is 338 g/mol. The van der Waals surface area contributed by atoms with Gasteiger partial charge in [0.25, 0.3) is 0 Å². The molecule has 1 aliphatic rings. The number of carbonyl (C=O) groups excluding carboxylic acids is 2. The number of rotatable bonds is 4. The van der Waals surface area contributed by atoms with Gasteiger partial charge in [-0.3, -0.25) is 9.59 Å². The van der Waals surface area contributed by atoms with Crippen molar-refractivity contribution in [2.45, 2.75) is 13.8 Å². The fourth-order valence-electron chi connectivity index (χ4n) is 2.35. The van der Waals surface area contributed by atoms with Crippen LogP contribution < -0.4 is 14.2 Å². The molecule has 2 aromatic rings. The molecule has 0 saturated carbocycles. The minimum absolute atomic E-state index is 0.192. The van der Waals surface area contributed by atoms with Crippen LogP contribution in [0.25, 0.3) is 6.08 Å². The molecule has 0 saturated heterocycles. The standard InChI is InChI=1S/C20H18O5/c1-12(2)20(22)24-15-6-4-5-13(9-15)10-18-19(21)16-8-7-14(23-3)11-17(16)25-18/h4-12H,1-3H3/b18-10-. The Morgan fingerprint density at radius 3 is 2.64 bits per heavy atom. The summed E-state index contributed by atoms with van der Waals surface area (Å²) >= 11 is 0. The Morgan fingerprint density at radius 1 is 1.12 bits per heavy atom. The number of benzene rings is 2. The van der Waals surface area contributed by atoms with Crippen LogP contribution in [-0.4, -0.2) is 18.9 Å². The van der Waals surface area contributed by atoms with Crippen molar-refractivity contribution >= 4 is 17.8 Å². The average molecular weight is 338 g/mol. The third-order valence-electron chi connectivity index (χ3n) is 3.72. The van der Waals surface area contributed by atoms with E-state index in [4.69, 9.17) is 14.2 Å². The van der Waals surface area contributed by atoms with Crippen molar-refractivity contribution in [1.82, 2.24) is 0 Å². The van der Waals surface area contributed by atoms with Crippen LogP contribution in [0.15, 0.2) is 48.2 Å². The molecule has 0 bridgehead atoms. The highest BCUT2D eigenvalue weighted by atomic mass is 16.5. The molecule has 25 heavy (non-hydrogen) atoms. The molecule has 5 nitrogen and oxygen atoms in total. The van der Waals surface area contributed by atoms with Gasteiger partial charge in [0.05, 0.1) is 18.6 Å². The van der Waals surface area contributed by atoms with Gasteiger partial charge in [-0.1, -0.05) is 26.0 Å².